The number of halogens is 4. The number of hydrogen-bond donors (Lipinski definition) is 1. The van der Waals surface area contributed by atoms with Crippen LogP contribution >= 0.6 is 11.6 Å². The summed E-state index contributed by atoms with van der Waals surface area (Å²) in [6.07, 6.45) is -1.13. The van der Waals surface area contributed by atoms with Gasteiger partial charge >= 0.3 is 12.1 Å². The average Bonchev–Trinajstić information content (AvgIpc) is 3.74. The third-order valence-electron chi connectivity index (χ3n) is 7.73. The second-order valence-electron chi connectivity index (χ2n) is 12.5. The molecule has 0 aliphatic carbocycles. The van der Waals surface area contributed by atoms with E-state index in [0.29, 0.717) is 46.1 Å². The Balaban J connectivity index is 1.53. The van der Waals surface area contributed by atoms with Crippen molar-refractivity contribution in [3.8, 4) is 22.9 Å². The largest absolute Gasteiger partial charge is 0.497 e. The van der Waals surface area contributed by atoms with Crippen LogP contribution in [0.1, 0.15) is 56.3 Å². The van der Waals surface area contributed by atoms with E-state index in [4.69, 9.17) is 30.5 Å². The van der Waals surface area contributed by atoms with Crippen LogP contribution in [-0.2, 0) is 26.9 Å². The van der Waals surface area contributed by atoms with Crippen molar-refractivity contribution >= 4 is 34.9 Å². The lowest BCUT2D eigenvalue weighted by Crippen LogP contribution is -2.37. The second kappa shape index (κ2) is 14.9. The number of carbonyl (C=O) groups excluding carboxylic acids is 2. The first-order valence-electron chi connectivity index (χ1n) is 15.7. The van der Waals surface area contributed by atoms with Crippen molar-refractivity contribution < 1.29 is 41.7 Å². The fraction of sp³-hybridized carbons (Fsp3) is 0.371. The van der Waals surface area contributed by atoms with Crippen LogP contribution in [0, 0.1) is 0 Å². The van der Waals surface area contributed by atoms with Crippen LogP contribution in [0.25, 0.3) is 5.69 Å². The third kappa shape index (κ3) is 8.59. The minimum Gasteiger partial charge on any atom is -0.497 e. The van der Waals surface area contributed by atoms with E-state index in [-0.39, 0.29) is 42.7 Å². The number of nitrogens with one attached hydrogen (secondary N) is 1. The quantitative estimate of drug-likeness (QED) is 0.120. The molecule has 1 amide bonds. The topological polar surface area (TPSA) is 117 Å². The Kier molecular flexibility index (Phi) is 10.8. The first-order chi connectivity index (χ1) is 23.7. The molecule has 0 radical (unpaired) electrons. The Hall–Kier alpha value is -4.98. The van der Waals surface area contributed by atoms with Crippen LogP contribution in [0.4, 0.5) is 24.5 Å². The second-order valence-corrected chi connectivity index (χ2v) is 12.9. The van der Waals surface area contributed by atoms with E-state index in [1.54, 1.807) is 57.2 Å². The highest BCUT2D eigenvalue weighted by molar-refractivity contribution is 6.30. The molecule has 1 unspecified atom stereocenters. The predicted octanol–water partition coefficient (Wildman–Crippen LogP) is 7.20. The maximum Gasteiger partial charge on any atom is 0.420 e. The molecule has 4 aromatic rings. The number of anilines is 2. The molecule has 1 N–H and O–H groups in total. The van der Waals surface area contributed by atoms with Gasteiger partial charge in [0, 0.05) is 47.1 Å². The molecule has 1 aliphatic rings. The standard InChI is InChI=1S/C35H37ClF3N5O6/c1-34(2,3)50-31(45)7-6-12-49-29-14-22(36)8-9-26(29)32(42-23-15-24(17-25(16-23)47-4)44-20-40-19-41-44)33(46)43-11-10-21-13-30(48-5)27(18-28(21)43)35(37,38)39/h8-9,13-20,32,42H,6-7,10-12H2,1-5H3. The van der Waals surface area contributed by atoms with Crippen molar-refractivity contribution in [3.63, 3.8) is 0 Å². The van der Waals surface area contributed by atoms with Crippen molar-refractivity contribution in [1.82, 2.24) is 14.8 Å². The molecule has 15 heteroatoms. The van der Waals surface area contributed by atoms with Gasteiger partial charge in [-0.25, -0.2) is 9.67 Å². The molecule has 0 fully saturated rings. The van der Waals surface area contributed by atoms with E-state index in [1.807, 2.05) is 0 Å². The maximum atomic E-state index is 14.6. The van der Waals surface area contributed by atoms with Gasteiger partial charge in [0.05, 0.1) is 32.1 Å². The highest BCUT2D eigenvalue weighted by atomic mass is 35.5. The average molecular weight is 716 g/mol. The molecule has 5 rings (SSSR count). The number of hydrogen-bond acceptors (Lipinski definition) is 9. The van der Waals surface area contributed by atoms with Crippen LogP contribution in [0.3, 0.4) is 0 Å². The number of aromatic nitrogens is 3. The third-order valence-corrected chi connectivity index (χ3v) is 7.96. The van der Waals surface area contributed by atoms with Crippen LogP contribution in [-0.4, -0.2) is 59.6 Å². The number of amides is 1. The number of carbonyl (C=O) groups is 2. The van der Waals surface area contributed by atoms with E-state index in [2.05, 4.69) is 15.4 Å². The summed E-state index contributed by atoms with van der Waals surface area (Å²) in [4.78, 5) is 32.2. The van der Waals surface area contributed by atoms with Crippen LogP contribution in [0.15, 0.2) is 61.2 Å². The zero-order chi connectivity index (χ0) is 36.2. The lowest BCUT2D eigenvalue weighted by Gasteiger charge is -2.28. The summed E-state index contributed by atoms with van der Waals surface area (Å²) in [7, 11) is 2.66. The molecule has 50 heavy (non-hydrogen) atoms. The molecule has 2 heterocycles. The first-order valence-corrected chi connectivity index (χ1v) is 16.1. The number of rotatable bonds is 12. The van der Waals surface area contributed by atoms with Crippen molar-refractivity contribution in [2.24, 2.45) is 0 Å². The number of methoxy groups -OCH3 is 2. The Bertz CT molecular complexity index is 1850. The molecule has 1 aromatic heterocycles. The van der Waals surface area contributed by atoms with Crippen molar-refractivity contribution in [2.75, 3.05) is 37.6 Å². The molecule has 1 atom stereocenters. The highest BCUT2D eigenvalue weighted by Gasteiger charge is 2.39. The van der Waals surface area contributed by atoms with Gasteiger partial charge in [-0.1, -0.05) is 17.7 Å². The van der Waals surface area contributed by atoms with Gasteiger partial charge in [0.25, 0.3) is 5.91 Å². The van der Waals surface area contributed by atoms with Gasteiger partial charge in [0.1, 0.15) is 41.5 Å². The number of alkyl halides is 3. The SMILES string of the molecule is COc1cc(NC(C(=O)N2CCc3cc(OC)c(C(F)(F)F)cc32)c2ccc(Cl)cc2OCCCC(=O)OC(C)(C)C)cc(-n2cncn2)c1. The summed E-state index contributed by atoms with van der Waals surface area (Å²) in [5.41, 5.74) is 0.395. The summed E-state index contributed by atoms with van der Waals surface area (Å²) < 4.78 is 65.7. The normalized spacial score (nSPS) is 13.4. The summed E-state index contributed by atoms with van der Waals surface area (Å²) in [5, 5.41) is 7.77. The predicted molar refractivity (Wildman–Crippen MR) is 180 cm³/mol. The lowest BCUT2D eigenvalue weighted by molar-refractivity contribution is -0.155. The zero-order valence-electron chi connectivity index (χ0n) is 28.1. The molecule has 266 valence electrons. The van der Waals surface area contributed by atoms with E-state index in [0.717, 1.165) is 6.07 Å². The van der Waals surface area contributed by atoms with Crippen molar-refractivity contribution in [1.29, 1.82) is 0 Å². The van der Waals surface area contributed by atoms with Gasteiger partial charge < -0.3 is 29.2 Å². The summed E-state index contributed by atoms with van der Waals surface area (Å²) in [6, 6.07) is 10.9. The van der Waals surface area contributed by atoms with E-state index in [9.17, 15) is 22.8 Å². The number of nitrogens with zero attached hydrogens (tertiary/aromatic N) is 4. The minimum atomic E-state index is -4.72. The smallest absolute Gasteiger partial charge is 0.420 e. The number of fused-ring (bicyclic) bond motifs is 1. The minimum absolute atomic E-state index is 0.0877. The summed E-state index contributed by atoms with van der Waals surface area (Å²) >= 11 is 6.38. The summed E-state index contributed by atoms with van der Waals surface area (Å²) in [6.45, 7) is 5.55. The molecule has 1 aliphatic heterocycles. The molecule has 0 spiro atoms. The molecular weight excluding hydrogens is 679 g/mol. The Labute approximate surface area is 292 Å². The van der Waals surface area contributed by atoms with E-state index >= 15 is 0 Å². The van der Waals surface area contributed by atoms with Crippen LogP contribution in [0.5, 0.6) is 17.2 Å². The first kappa shape index (κ1) is 36.3. The monoisotopic (exact) mass is 715 g/mol. The molecule has 11 nitrogen and oxygen atoms in total. The Morgan fingerprint density at radius 1 is 1.02 bits per heavy atom. The molecule has 0 saturated carbocycles. The molecule has 0 saturated heterocycles. The summed E-state index contributed by atoms with van der Waals surface area (Å²) in [5.74, 6) is -0.567. The van der Waals surface area contributed by atoms with Gasteiger partial charge in [-0.2, -0.15) is 18.3 Å². The van der Waals surface area contributed by atoms with Crippen molar-refractivity contribution in [3.05, 3.63) is 82.9 Å². The fourth-order valence-electron chi connectivity index (χ4n) is 5.55. The van der Waals surface area contributed by atoms with Crippen molar-refractivity contribution in [2.45, 2.75) is 57.9 Å². The number of benzene rings is 3. The molecular formula is C35H37ClF3N5O6. The number of ether oxygens (including phenoxy) is 4. The van der Waals surface area contributed by atoms with Crippen LogP contribution in [0.2, 0.25) is 5.02 Å². The van der Waals surface area contributed by atoms with Gasteiger partial charge in [-0.05, 0) is 69.5 Å². The molecule has 3 aromatic carbocycles. The van der Waals surface area contributed by atoms with Gasteiger partial charge in [0.15, 0.2) is 0 Å². The fourth-order valence-corrected chi connectivity index (χ4v) is 5.71. The van der Waals surface area contributed by atoms with E-state index in [1.165, 1.54) is 42.5 Å². The highest BCUT2D eigenvalue weighted by Crippen LogP contribution is 2.44. The maximum absolute atomic E-state index is 14.6. The number of esters is 1. The Morgan fingerprint density at radius 3 is 2.46 bits per heavy atom. The van der Waals surface area contributed by atoms with Crippen LogP contribution < -0.4 is 24.4 Å². The zero-order valence-corrected chi connectivity index (χ0v) is 28.9. The van der Waals surface area contributed by atoms with Gasteiger partial charge in [0.2, 0.25) is 0 Å². The van der Waals surface area contributed by atoms with Gasteiger partial charge in [-0.3, -0.25) is 9.59 Å². The molecule has 0 bridgehead atoms. The van der Waals surface area contributed by atoms with E-state index < -0.39 is 29.3 Å². The Morgan fingerprint density at radius 2 is 1.80 bits per heavy atom. The van der Waals surface area contributed by atoms with Gasteiger partial charge in [-0.15, -0.1) is 0 Å². The lowest BCUT2D eigenvalue weighted by atomic mass is 10.0.